The van der Waals surface area contributed by atoms with Crippen molar-refractivity contribution in [1.29, 1.82) is 0 Å². The summed E-state index contributed by atoms with van der Waals surface area (Å²) in [5.74, 6) is 0.00401. The van der Waals surface area contributed by atoms with E-state index in [0.717, 1.165) is 52.8 Å². The number of pyridine rings is 1. The number of nitrogens with two attached hydrogens (primary N) is 1. The molecule has 1 saturated heterocycles. The van der Waals surface area contributed by atoms with Crippen LogP contribution in [0.1, 0.15) is 47.3 Å². The lowest BCUT2D eigenvalue weighted by Crippen LogP contribution is -2.48. The predicted molar refractivity (Wildman–Crippen MR) is 174 cm³/mol. The topological polar surface area (TPSA) is 91.6 Å². The number of hydrogen-bond donors (Lipinski definition) is 2. The van der Waals surface area contributed by atoms with Crippen LogP contribution < -0.4 is 11.1 Å². The fourth-order valence-electron chi connectivity index (χ4n) is 5.50. The zero-order valence-electron chi connectivity index (χ0n) is 23.9. The van der Waals surface area contributed by atoms with Crippen LogP contribution >= 0.6 is 24.8 Å². The molecular formula is C33H39Cl2N5O2. The summed E-state index contributed by atoms with van der Waals surface area (Å²) in [5.41, 5.74) is 10.9. The van der Waals surface area contributed by atoms with Gasteiger partial charge in [-0.25, -0.2) is 4.98 Å². The van der Waals surface area contributed by atoms with Gasteiger partial charge in [0.15, 0.2) is 0 Å². The average Bonchev–Trinajstić information content (AvgIpc) is 3.00. The molecule has 2 amide bonds. The van der Waals surface area contributed by atoms with Crippen LogP contribution in [0.5, 0.6) is 0 Å². The summed E-state index contributed by atoms with van der Waals surface area (Å²) in [5, 5.41) is 4.18. The van der Waals surface area contributed by atoms with Gasteiger partial charge in [0.25, 0.3) is 5.91 Å². The van der Waals surface area contributed by atoms with Crippen LogP contribution in [0.2, 0.25) is 0 Å². The first kappa shape index (κ1) is 33.0. The van der Waals surface area contributed by atoms with Crippen LogP contribution in [0.4, 0.5) is 0 Å². The first-order chi connectivity index (χ1) is 19.6. The van der Waals surface area contributed by atoms with Gasteiger partial charge in [0.05, 0.1) is 22.8 Å². The minimum atomic E-state index is -0.106. The molecule has 1 atom stereocenters. The summed E-state index contributed by atoms with van der Waals surface area (Å²) in [6.07, 6.45) is 1.15. The van der Waals surface area contributed by atoms with E-state index >= 15 is 0 Å². The lowest BCUT2D eigenvalue weighted by Gasteiger charge is -2.35. The maximum Gasteiger partial charge on any atom is 0.252 e. The van der Waals surface area contributed by atoms with E-state index in [1.807, 2.05) is 77.7 Å². The number of amides is 2. The molecule has 222 valence electrons. The van der Waals surface area contributed by atoms with Gasteiger partial charge in [-0.05, 0) is 18.1 Å². The Morgan fingerprint density at radius 2 is 1.50 bits per heavy atom. The van der Waals surface area contributed by atoms with Gasteiger partial charge in [0, 0.05) is 62.2 Å². The van der Waals surface area contributed by atoms with Crippen LogP contribution in [0.3, 0.4) is 0 Å². The minimum Gasteiger partial charge on any atom is -0.345 e. The lowest BCUT2D eigenvalue weighted by molar-refractivity contribution is -0.132. The zero-order valence-corrected chi connectivity index (χ0v) is 25.5. The molecule has 4 aromatic rings. The van der Waals surface area contributed by atoms with Gasteiger partial charge in [-0.15, -0.1) is 24.8 Å². The number of carbonyl (C=O) groups excluding carboxylic acids is 2. The van der Waals surface area contributed by atoms with Crippen molar-refractivity contribution in [2.24, 2.45) is 5.73 Å². The van der Waals surface area contributed by atoms with Crippen LogP contribution in [-0.2, 0) is 11.3 Å². The number of halogens is 2. The SMILES string of the molecule is CCC(NC(=O)c1c(CN2CCN(C(=O)CCN)CC2)c(-c2ccccc2)nc2ccccc12)c1ccccc1.Cl.Cl. The van der Waals surface area contributed by atoms with E-state index < -0.39 is 0 Å². The number of para-hydroxylation sites is 1. The number of carbonyl (C=O) groups is 2. The van der Waals surface area contributed by atoms with Crippen molar-refractivity contribution in [2.75, 3.05) is 32.7 Å². The number of piperazine rings is 1. The highest BCUT2D eigenvalue weighted by atomic mass is 35.5. The molecule has 2 heterocycles. The standard InChI is InChI=1S/C33H37N5O2.2ClH/c1-2-28(24-11-5-3-6-12-24)36-33(40)31-26-15-9-10-16-29(26)35-32(25-13-7-4-8-14-25)27(31)23-37-19-21-38(22-20-37)30(39)17-18-34;;/h3-16,28H,2,17-23,34H2,1H3,(H,36,40);2*1H. The summed E-state index contributed by atoms with van der Waals surface area (Å²) in [4.78, 5) is 35.9. The highest BCUT2D eigenvalue weighted by Gasteiger charge is 2.27. The van der Waals surface area contributed by atoms with Crippen molar-refractivity contribution in [2.45, 2.75) is 32.4 Å². The first-order valence-corrected chi connectivity index (χ1v) is 14.1. The molecule has 5 rings (SSSR count). The summed E-state index contributed by atoms with van der Waals surface area (Å²) >= 11 is 0. The number of fused-ring (bicyclic) bond motifs is 1. The lowest BCUT2D eigenvalue weighted by atomic mass is 9.94. The normalized spacial score (nSPS) is 14.0. The fraction of sp³-hybridized carbons (Fsp3) is 0.303. The molecule has 1 fully saturated rings. The van der Waals surface area contributed by atoms with E-state index in [0.29, 0.717) is 38.2 Å². The molecule has 0 bridgehead atoms. The van der Waals surface area contributed by atoms with Crippen molar-refractivity contribution in [3.05, 3.63) is 102 Å². The third-order valence-corrected chi connectivity index (χ3v) is 7.65. The zero-order chi connectivity index (χ0) is 27.9. The number of nitrogens with zero attached hydrogens (tertiary/aromatic N) is 3. The number of rotatable bonds is 9. The maximum absolute atomic E-state index is 14.2. The second-order valence-corrected chi connectivity index (χ2v) is 10.2. The Balaban J connectivity index is 0.00000242. The van der Waals surface area contributed by atoms with Gasteiger partial charge in [-0.3, -0.25) is 14.5 Å². The molecule has 1 aliphatic rings. The maximum atomic E-state index is 14.2. The van der Waals surface area contributed by atoms with Gasteiger partial charge in [-0.2, -0.15) is 0 Å². The van der Waals surface area contributed by atoms with Crippen LogP contribution in [0, 0.1) is 0 Å². The smallest absolute Gasteiger partial charge is 0.252 e. The number of nitrogens with one attached hydrogen (secondary N) is 1. The number of hydrogen-bond acceptors (Lipinski definition) is 5. The van der Waals surface area contributed by atoms with E-state index in [1.165, 1.54) is 0 Å². The molecule has 0 spiro atoms. The largest absolute Gasteiger partial charge is 0.345 e. The first-order valence-electron chi connectivity index (χ1n) is 14.1. The average molecular weight is 609 g/mol. The molecular weight excluding hydrogens is 569 g/mol. The van der Waals surface area contributed by atoms with E-state index in [-0.39, 0.29) is 42.7 Å². The molecule has 0 radical (unpaired) electrons. The molecule has 0 saturated carbocycles. The van der Waals surface area contributed by atoms with E-state index in [1.54, 1.807) is 0 Å². The van der Waals surface area contributed by atoms with E-state index in [4.69, 9.17) is 10.7 Å². The Morgan fingerprint density at radius 3 is 2.14 bits per heavy atom. The number of benzene rings is 3. The molecule has 7 nitrogen and oxygen atoms in total. The minimum absolute atomic E-state index is 0. The van der Waals surface area contributed by atoms with Gasteiger partial charge >= 0.3 is 0 Å². The monoisotopic (exact) mass is 607 g/mol. The Hall–Kier alpha value is -3.49. The van der Waals surface area contributed by atoms with E-state index in [9.17, 15) is 9.59 Å². The van der Waals surface area contributed by atoms with E-state index in [2.05, 4.69) is 29.3 Å². The Kier molecular flexibility index (Phi) is 12.3. The van der Waals surface area contributed by atoms with Crippen LogP contribution in [0.15, 0.2) is 84.9 Å². The molecule has 3 aromatic carbocycles. The summed E-state index contributed by atoms with van der Waals surface area (Å²) in [7, 11) is 0. The number of aromatic nitrogens is 1. The summed E-state index contributed by atoms with van der Waals surface area (Å²) in [6, 6.07) is 28.0. The Labute approximate surface area is 260 Å². The molecule has 0 aliphatic carbocycles. The fourth-order valence-corrected chi connectivity index (χ4v) is 5.50. The molecule has 1 aromatic heterocycles. The second-order valence-electron chi connectivity index (χ2n) is 10.2. The summed E-state index contributed by atoms with van der Waals surface area (Å²) < 4.78 is 0. The van der Waals surface area contributed by atoms with Gasteiger partial charge in [-0.1, -0.05) is 85.8 Å². The molecule has 42 heavy (non-hydrogen) atoms. The quantitative estimate of drug-likeness (QED) is 0.258. The van der Waals surface area contributed by atoms with Gasteiger partial charge < -0.3 is 16.0 Å². The molecule has 9 heteroatoms. The molecule has 1 unspecified atom stereocenters. The van der Waals surface area contributed by atoms with Gasteiger partial charge in [0.1, 0.15) is 0 Å². The third kappa shape index (κ3) is 7.47. The Bertz CT molecular complexity index is 1460. The second kappa shape index (κ2) is 15.7. The third-order valence-electron chi connectivity index (χ3n) is 7.65. The highest BCUT2D eigenvalue weighted by molar-refractivity contribution is 6.09. The van der Waals surface area contributed by atoms with Crippen molar-refractivity contribution in [3.8, 4) is 11.3 Å². The van der Waals surface area contributed by atoms with Crippen LogP contribution in [0.25, 0.3) is 22.2 Å². The van der Waals surface area contributed by atoms with Crippen molar-refractivity contribution < 1.29 is 9.59 Å². The molecule has 3 N–H and O–H groups in total. The highest BCUT2D eigenvalue weighted by Crippen LogP contribution is 2.32. The molecule has 1 aliphatic heterocycles. The van der Waals surface area contributed by atoms with Crippen molar-refractivity contribution >= 4 is 47.5 Å². The van der Waals surface area contributed by atoms with Crippen LogP contribution in [-0.4, -0.2) is 59.3 Å². The Morgan fingerprint density at radius 1 is 0.881 bits per heavy atom. The van der Waals surface area contributed by atoms with Crippen molar-refractivity contribution in [3.63, 3.8) is 0 Å². The van der Waals surface area contributed by atoms with Crippen molar-refractivity contribution in [1.82, 2.24) is 20.1 Å². The van der Waals surface area contributed by atoms with Gasteiger partial charge in [0.2, 0.25) is 5.91 Å². The predicted octanol–water partition coefficient (Wildman–Crippen LogP) is 5.62. The summed E-state index contributed by atoms with van der Waals surface area (Å²) in [6.45, 7) is 5.75.